The average molecular weight is 523 g/mol. The summed E-state index contributed by atoms with van der Waals surface area (Å²) in [5, 5.41) is 41.2. The van der Waals surface area contributed by atoms with Gasteiger partial charge in [0.15, 0.2) is 0 Å². The number of hydrogen-bond acceptors (Lipinski definition) is 10. The van der Waals surface area contributed by atoms with Crippen molar-refractivity contribution in [2.75, 3.05) is 83.6 Å². The van der Waals surface area contributed by atoms with Crippen molar-refractivity contribution in [3.8, 4) is 0 Å². The predicted octanol–water partition coefficient (Wildman–Crippen LogP) is 1.33. The van der Waals surface area contributed by atoms with Crippen LogP contribution in [0.3, 0.4) is 0 Å². The van der Waals surface area contributed by atoms with E-state index >= 15 is 0 Å². The Morgan fingerprint density at radius 3 is 1.59 bits per heavy atom. The Morgan fingerprint density at radius 2 is 1.16 bits per heavy atom. The SMILES string of the molecule is O=[N+]([O-])c1ccc(F)cc1.O=[N+]([O-])c1ccc(N2CCN(CCO)CC2)cc1.OCCN1CCNCC1. The van der Waals surface area contributed by atoms with E-state index in [2.05, 4.69) is 20.0 Å². The third kappa shape index (κ3) is 11.1. The molecule has 0 spiro atoms. The molecule has 204 valence electrons. The fourth-order valence-corrected chi connectivity index (χ4v) is 3.80. The van der Waals surface area contributed by atoms with Crippen LogP contribution in [0.1, 0.15) is 0 Å². The molecular formula is C24H35FN6O6. The molecule has 12 nitrogen and oxygen atoms in total. The smallest absolute Gasteiger partial charge is 0.269 e. The van der Waals surface area contributed by atoms with Crippen LogP contribution in [0.15, 0.2) is 48.5 Å². The molecule has 2 aliphatic rings. The van der Waals surface area contributed by atoms with Crippen LogP contribution in [0.5, 0.6) is 0 Å². The average Bonchev–Trinajstić information content (AvgIpc) is 2.91. The van der Waals surface area contributed by atoms with E-state index < -0.39 is 10.7 Å². The van der Waals surface area contributed by atoms with E-state index in [1.165, 1.54) is 12.1 Å². The van der Waals surface area contributed by atoms with E-state index in [1.807, 2.05) is 0 Å². The van der Waals surface area contributed by atoms with E-state index in [0.29, 0.717) is 13.2 Å². The minimum atomic E-state index is -0.570. The maximum Gasteiger partial charge on any atom is 0.269 e. The van der Waals surface area contributed by atoms with Gasteiger partial charge in [-0.2, -0.15) is 0 Å². The number of nitro benzene ring substituents is 2. The van der Waals surface area contributed by atoms with Crippen LogP contribution in [0.2, 0.25) is 0 Å². The number of piperazine rings is 2. The lowest BCUT2D eigenvalue weighted by atomic mass is 10.2. The van der Waals surface area contributed by atoms with E-state index in [4.69, 9.17) is 10.2 Å². The number of rotatable bonds is 7. The minimum Gasteiger partial charge on any atom is -0.395 e. The van der Waals surface area contributed by atoms with Crippen molar-refractivity contribution < 1.29 is 24.5 Å². The number of aliphatic hydroxyl groups is 2. The predicted molar refractivity (Wildman–Crippen MR) is 138 cm³/mol. The monoisotopic (exact) mass is 522 g/mol. The molecule has 2 heterocycles. The zero-order valence-electron chi connectivity index (χ0n) is 20.7. The number of nitrogens with one attached hydrogen (secondary N) is 1. The summed E-state index contributed by atoms with van der Waals surface area (Å²) in [4.78, 5) is 26.3. The molecule has 37 heavy (non-hydrogen) atoms. The van der Waals surface area contributed by atoms with Crippen LogP contribution in [0.25, 0.3) is 0 Å². The number of nitrogens with zero attached hydrogens (tertiary/aromatic N) is 5. The number of nitro groups is 2. The molecule has 0 radical (unpaired) electrons. The zero-order valence-corrected chi connectivity index (χ0v) is 20.7. The summed E-state index contributed by atoms with van der Waals surface area (Å²) in [6.07, 6.45) is 0. The highest BCUT2D eigenvalue weighted by Crippen LogP contribution is 2.20. The van der Waals surface area contributed by atoms with Crippen LogP contribution >= 0.6 is 0 Å². The highest BCUT2D eigenvalue weighted by Gasteiger charge is 2.17. The second-order valence-electron chi connectivity index (χ2n) is 8.37. The molecule has 2 aliphatic heterocycles. The molecule has 2 saturated heterocycles. The van der Waals surface area contributed by atoms with Gasteiger partial charge in [-0.05, 0) is 24.3 Å². The Bertz CT molecular complexity index is 933. The molecule has 0 aromatic heterocycles. The Kier molecular flexibility index (Phi) is 13.4. The van der Waals surface area contributed by atoms with Gasteiger partial charge in [0.25, 0.3) is 11.4 Å². The second-order valence-corrected chi connectivity index (χ2v) is 8.37. The van der Waals surface area contributed by atoms with Crippen LogP contribution in [0, 0.1) is 26.0 Å². The third-order valence-electron chi connectivity index (χ3n) is 5.88. The molecule has 13 heteroatoms. The van der Waals surface area contributed by atoms with Crippen molar-refractivity contribution in [3.63, 3.8) is 0 Å². The van der Waals surface area contributed by atoms with Crippen LogP contribution in [-0.2, 0) is 0 Å². The molecular weight excluding hydrogens is 487 g/mol. The van der Waals surface area contributed by atoms with Crippen molar-refractivity contribution in [2.45, 2.75) is 0 Å². The highest BCUT2D eigenvalue weighted by molar-refractivity contribution is 5.51. The standard InChI is InChI=1S/C12H17N3O3.C6H4FNO2.C6H14N2O/c16-10-9-13-5-7-14(8-6-13)11-1-3-12(4-2-11)15(17)18;7-5-1-3-6(4-2-5)8(9)10;9-6-5-8-3-1-7-2-4-8/h1-4,16H,5-10H2;1-4H;7,9H,1-6H2. The largest absolute Gasteiger partial charge is 0.395 e. The van der Waals surface area contributed by atoms with Crippen molar-refractivity contribution in [2.24, 2.45) is 0 Å². The first-order valence-corrected chi connectivity index (χ1v) is 12.1. The van der Waals surface area contributed by atoms with Gasteiger partial charge < -0.3 is 20.4 Å². The van der Waals surface area contributed by atoms with Gasteiger partial charge in [-0.3, -0.25) is 30.0 Å². The lowest BCUT2D eigenvalue weighted by molar-refractivity contribution is -0.385. The first kappa shape index (κ1) is 30.0. The summed E-state index contributed by atoms with van der Waals surface area (Å²) >= 11 is 0. The van der Waals surface area contributed by atoms with Gasteiger partial charge in [0.1, 0.15) is 5.82 Å². The number of hydrogen-bond donors (Lipinski definition) is 3. The Balaban J connectivity index is 0.000000214. The lowest BCUT2D eigenvalue weighted by Crippen LogP contribution is -2.47. The summed E-state index contributed by atoms with van der Waals surface area (Å²) in [5.74, 6) is -0.467. The third-order valence-corrected chi connectivity index (χ3v) is 5.88. The Hall–Kier alpha value is -3.23. The fraction of sp³-hybridized carbons (Fsp3) is 0.500. The van der Waals surface area contributed by atoms with Gasteiger partial charge in [0.2, 0.25) is 0 Å². The first-order chi connectivity index (χ1) is 17.8. The van der Waals surface area contributed by atoms with Gasteiger partial charge in [-0.25, -0.2) is 4.39 Å². The lowest BCUT2D eigenvalue weighted by Gasteiger charge is -2.35. The van der Waals surface area contributed by atoms with Crippen molar-refractivity contribution in [1.82, 2.24) is 15.1 Å². The van der Waals surface area contributed by atoms with Crippen LogP contribution < -0.4 is 10.2 Å². The molecule has 4 rings (SSSR count). The van der Waals surface area contributed by atoms with E-state index in [1.54, 1.807) is 12.1 Å². The number of anilines is 1. The van der Waals surface area contributed by atoms with Crippen molar-refractivity contribution in [3.05, 3.63) is 74.6 Å². The molecule has 0 atom stereocenters. The molecule has 2 aromatic rings. The van der Waals surface area contributed by atoms with E-state index in [9.17, 15) is 24.6 Å². The molecule has 0 amide bonds. The topological polar surface area (TPSA) is 148 Å². The second kappa shape index (κ2) is 16.5. The normalized spacial score (nSPS) is 16.1. The van der Waals surface area contributed by atoms with Gasteiger partial charge >= 0.3 is 0 Å². The van der Waals surface area contributed by atoms with Gasteiger partial charge in [-0.15, -0.1) is 0 Å². The van der Waals surface area contributed by atoms with E-state index in [0.717, 1.165) is 88.9 Å². The number of aliphatic hydroxyl groups excluding tert-OH is 2. The maximum atomic E-state index is 12.1. The first-order valence-electron chi connectivity index (χ1n) is 12.1. The molecule has 2 fully saturated rings. The molecule has 2 aromatic carbocycles. The summed E-state index contributed by atoms with van der Waals surface area (Å²) in [6, 6.07) is 11.0. The van der Waals surface area contributed by atoms with Gasteiger partial charge in [0, 0.05) is 95.4 Å². The highest BCUT2D eigenvalue weighted by atomic mass is 19.1. The number of non-ortho nitro benzene ring substituents is 2. The van der Waals surface area contributed by atoms with Gasteiger partial charge in [-0.1, -0.05) is 0 Å². The molecule has 3 N–H and O–H groups in total. The molecule has 0 bridgehead atoms. The number of halogens is 1. The molecule has 0 unspecified atom stereocenters. The molecule has 0 aliphatic carbocycles. The van der Waals surface area contributed by atoms with E-state index in [-0.39, 0.29) is 22.9 Å². The Morgan fingerprint density at radius 1 is 0.730 bits per heavy atom. The summed E-state index contributed by atoms with van der Waals surface area (Å²) in [6.45, 7) is 9.94. The quantitative estimate of drug-likeness (QED) is 0.359. The summed E-state index contributed by atoms with van der Waals surface area (Å²) in [5.41, 5.74) is 1.04. The number of benzene rings is 2. The summed E-state index contributed by atoms with van der Waals surface area (Å²) < 4.78 is 12.1. The zero-order chi connectivity index (χ0) is 27.0. The van der Waals surface area contributed by atoms with Gasteiger partial charge in [0.05, 0.1) is 23.1 Å². The maximum absolute atomic E-state index is 12.1. The number of β-amino-alcohol motifs (C(OH)–C–C–N with tert-alkyl or cyclic N) is 2. The fourth-order valence-electron chi connectivity index (χ4n) is 3.80. The van der Waals surface area contributed by atoms with Crippen molar-refractivity contribution in [1.29, 1.82) is 0 Å². The minimum absolute atomic E-state index is 0.0959. The van der Waals surface area contributed by atoms with Crippen LogP contribution in [0.4, 0.5) is 21.5 Å². The van der Waals surface area contributed by atoms with Crippen molar-refractivity contribution >= 4 is 17.1 Å². The Labute approximate surface area is 215 Å². The van der Waals surface area contributed by atoms with Crippen LogP contribution in [-0.4, -0.2) is 109 Å². The molecule has 0 saturated carbocycles. The summed E-state index contributed by atoms with van der Waals surface area (Å²) in [7, 11) is 0.